The van der Waals surface area contributed by atoms with Crippen LogP contribution in [0.5, 0.6) is 11.5 Å². The van der Waals surface area contributed by atoms with Crippen molar-refractivity contribution in [2.75, 3.05) is 19.5 Å². The van der Waals surface area contributed by atoms with Gasteiger partial charge in [-0.1, -0.05) is 16.8 Å². The van der Waals surface area contributed by atoms with Crippen LogP contribution in [0.15, 0.2) is 40.9 Å². The minimum atomic E-state index is -0.142. The van der Waals surface area contributed by atoms with Crippen molar-refractivity contribution < 1.29 is 18.8 Å². The number of methoxy groups -OCH3 is 2. The van der Waals surface area contributed by atoms with Gasteiger partial charge in [0, 0.05) is 29.1 Å². The number of ether oxygens (including phenoxy) is 2. The molecule has 7 nitrogen and oxygen atoms in total. The van der Waals surface area contributed by atoms with Crippen LogP contribution in [0.4, 0.5) is 5.69 Å². The van der Waals surface area contributed by atoms with E-state index in [9.17, 15) is 4.79 Å². The van der Waals surface area contributed by atoms with Crippen LogP contribution in [0.1, 0.15) is 17.9 Å². The number of nitrogens with zero attached hydrogens (tertiary/aromatic N) is 2. The highest BCUT2D eigenvalue weighted by atomic mass is 35.5. The summed E-state index contributed by atoms with van der Waals surface area (Å²) in [5.74, 6) is 1.85. The van der Waals surface area contributed by atoms with Gasteiger partial charge in [-0.05, 0) is 48.9 Å². The monoisotopic (exact) mass is 401 g/mol. The Labute approximate surface area is 167 Å². The third-order valence-electron chi connectivity index (χ3n) is 4.14. The molecule has 1 heterocycles. The summed E-state index contributed by atoms with van der Waals surface area (Å²) >= 11 is 5.93. The van der Waals surface area contributed by atoms with E-state index in [-0.39, 0.29) is 12.3 Å². The van der Waals surface area contributed by atoms with Crippen LogP contribution in [0.3, 0.4) is 0 Å². The number of rotatable bonds is 7. The first-order valence-electron chi connectivity index (χ1n) is 8.61. The van der Waals surface area contributed by atoms with E-state index in [0.29, 0.717) is 34.7 Å². The molecule has 1 aromatic heterocycles. The summed E-state index contributed by atoms with van der Waals surface area (Å²) in [6.07, 6.45) is 0.550. The summed E-state index contributed by atoms with van der Waals surface area (Å²) in [7, 11) is 3.13. The van der Waals surface area contributed by atoms with Crippen molar-refractivity contribution in [1.82, 2.24) is 10.1 Å². The minimum Gasteiger partial charge on any atom is -0.493 e. The van der Waals surface area contributed by atoms with Crippen LogP contribution in [-0.2, 0) is 11.2 Å². The van der Waals surface area contributed by atoms with Gasteiger partial charge in [-0.15, -0.1) is 0 Å². The summed E-state index contributed by atoms with van der Waals surface area (Å²) in [6.45, 7) is 1.88. The van der Waals surface area contributed by atoms with Crippen molar-refractivity contribution in [1.29, 1.82) is 0 Å². The second-order valence-corrected chi connectivity index (χ2v) is 6.53. The zero-order valence-corrected chi connectivity index (χ0v) is 16.5. The number of halogens is 1. The lowest BCUT2D eigenvalue weighted by Crippen LogP contribution is -2.13. The molecule has 0 aliphatic rings. The topological polar surface area (TPSA) is 86.5 Å². The van der Waals surface area contributed by atoms with Crippen LogP contribution in [0, 0.1) is 6.92 Å². The third-order valence-corrected chi connectivity index (χ3v) is 4.37. The van der Waals surface area contributed by atoms with E-state index in [1.54, 1.807) is 44.6 Å². The molecular weight excluding hydrogens is 382 g/mol. The lowest BCUT2D eigenvalue weighted by molar-refractivity contribution is -0.116. The van der Waals surface area contributed by atoms with Crippen LogP contribution >= 0.6 is 11.6 Å². The van der Waals surface area contributed by atoms with Gasteiger partial charge < -0.3 is 19.3 Å². The van der Waals surface area contributed by atoms with Crippen molar-refractivity contribution in [3.05, 3.63) is 52.9 Å². The molecule has 0 atom stereocenters. The predicted molar refractivity (Wildman–Crippen MR) is 106 cm³/mol. The zero-order valence-electron chi connectivity index (χ0n) is 15.8. The van der Waals surface area contributed by atoms with Crippen molar-refractivity contribution in [3.8, 4) is 22.9 Å². The number of carbonyl (C=O) groups excluding carboxylic acids is 1. The molecule has 1 N–H and O–H groups in total. The quantitative estimate of drug-likeness (QED) is 0.635. The smallest absolute Gasteiger partial charge is 0.227 e. The van der Waals surface area contributed by atoms with E-state index in [0.717, 1.165) is 16.8 Å². The number of amides is 1. The zero-order chi connectivity index (χ0) is 20.1. The number of aryl methyl sites for hydroxylation is 2. The molecule has 3 aromatic rings. The first-order valence-corrected chi connectivity index (χ1v) is 8.99. The molecule has 0 fully saturated rings. The summed E-state index contributed by atoms with van der Waals surface area (Å²) in [6, 6.07) is 10.7. The lowest BCUT2D eigenvalue weighted by atomic mass is 10.2. The fourth-order valence-electron chi connectivity index (χ4n) is 2.65. The molecule has 0 aliphatic heterocycles. The molecule has 3 rings (SSSR count). The molecular formula is C20H20ClN3O4. The average Bonchev–Trinajstić information content (AvgIpc) is 3.17. The number of benzene rings is 2. The highest BCUT2D eigenvalue weighted by molar-refractivity contribution is 6.30. The van der Waals surface area contributed by atoms with Gasteiger partial charge in [0.25, 0.3) is 0 Å². The van der Waals surface area contributed by atoms with Crippen molar-refractivity contribution >= 4 is 23.2 Å². The molecule has 0 saturated carbocycles. The van der Waals surface area contributed by atoms with Gasteiger partial charge in [0.15, 0.2) is 11.5 Å². The molecule has 0 aliphatic carbocycles. The van der Waals surface area contributed by atoms with Crippen molar-refractivity contribution in [3.63, 3.8) is 0 Å². The third kappa shape index (κ3) is 4.61. The van der Waals surface area contributed by atoms with Gasteiger partial charge in [-0.3, -0.25) is 4.79 Å². The summed E-state index contributed by atoms with van der Waals surface area (Å²) in [5.41, 5.74) is 2.36. The molecule has 0 radical (unpaired) electrons. The average molecular weight is 402 g/mol. The Kier molecular flexibility index (Phi) is 6.16. The molecule has 146 valence electrons. The lowest BCUT2D eigenvalue weighted by Gasteiger charge is -2.08. The SMILES string of the molecule is COc1ccc(-c2noc(CCC(=O)Nc3ccc(Cl)cc3C)n2)cc1OC. The molecule has 28 heavy (non-hydrogen) atoms. The van der Waals surface area contributed by atoms with E-state index in [1.807, 2.05) is 13.0 Å². The summed E-state index contributed by atoms with van der Waals surface area (Å²) in [5, 5.41) is 7.46. The Morgan fingerprint density at radius 1 is 1.14 bits per heavy atom. The maximum absolute atomic E-state index is 12.2. The minimum absolute atomic E-state index is 0.142. The Morgan fingerprint density at radius 2 is 1.93 bits per heavy atom. The molecule has 2 aromatic carbocycles. The Bertz CT molecular complexity index is 987. The number of carbonyl (C=O) groups is 1. The molecule has 0 bridgehead atoms. The van der Waals surface area contributed by atoms with E-state index >= 15 is 0 Å². The fourth-order valence-corrected chi connectivity index (χ4v) is 2.88. The normalized spacial score (nSPS) is 10.6. The van der Waals surface area contributed by atoms with E-state index in [2.05, 4.69) is 15.5 Å². The molecule has 0 unspecified atom stereocenters. The Balaban J connectivity index is 1.62. The van der Waals surface area contributed by atoms with Crippen LogP contribution in [-0.4, -0.2) is 30.3 Å². The van der Waals surface area contributed by atoms with Gasteiger partial charge in [-0.25, -0.2) is 0 Å². The number of aromatic nitrogens is 2. The standard InChI is InChI=1S/C20H20ClN3O4/c1-12-10-14(21)5-6-15(12)22-18(25)8-9-19-23-20(24-28-19)13-4-7-16(26-2)17(11-13)27-3/h4-7,10-11H,8-9H2,1-3H3,(H,22,25). The number of nitrogens with one attached hydrogen (secondary N) is 1. The second-order valence-electron chi connectivity index (χ2n) is 6.09. The number of hydrogen-bond acceptors (Lipinski definition) is 6. The van der Waals surface area contributed by atoms with Gasteiger partial charge in [-0.2, -0.15) is 4.98 Å². The summed E-state index contributed by atoms with van der Waals surface area (Å²) < 4.78 is 15.8. The van der Waals surface area contributed by atoms with Gasteiger partial charge in [0.2, 0.25) is 17.6 Å². The van der Waals surface area contributed by atoms with E-state index in [1.165, 1.54) is 0 Å². The van der Waals surface area contributed by atoms with Gasteiger partial charge in [0.1, 0.15) is 0 Å². The molecule has 0 spiro atoms. The maximum atomic E-state index is 12.2. The molecule has 1 amide bonds. The van der Waals surface area contributed by atoms with Crippen LogP contribution in [0.25, 0.3) is 11.4 Å². The molecule has 8 heteroatoms. The second kappa shape index (κ2) is 8.75. The van der Waals surface area contributed by atoms with Crippen LogP contribution < -0.4 is 14.8 Å². The Hall–Kier alpha value is -3.06. The first-order chi connectivity index (χ1) is 13.5. The molecule has 0 saturated heterocycles. The van der Waals surface area contributed by atoms with Crippen LogP contribution in [0.2, 0.25) is 5.02 Å². The van der Waals surface area contributed by atoms with Gasteiger partial charge in [0.05, 0.1) is 14.2 Å². The van der Waals surface area contributed by atoms with E-state index in [4.69, 9.17) is 25.6 Å². The highest BCUT2D eigenvalue weighted by Crippen LogP contribution is 2.31. The van der Waals surface area contributed by atoms with Crippen molar-refractivity contribution in [2.24, 2.45) is 0 Å². The van der Waals surface area contributed by atoms with Gasteiger partial charge >= 0.3 is 0 Å². The number of hydrogen-bond donors (Lipinski definition) is 1. The largest absolute Gasteiger partial charge is 0.493 e. The Morgan fingerprint density at radius 3 is 2.64 bits per heavy atom. The van der Waals surface area contributed by atoms with Crippen molar-refractivity contribution in [2.45, 2.75) is 19.8 Å². The fraction of sp³-hybridized carbons (Fsp3) is 0.250. The highest BCUT2D eigenvalue weighted by Gasteiger charge is 2.13. The summed E-state index contributed by atoms with van der Waals surface area (Å²) in [4.78, 5) is 16.5. The number of anilines is 1. The first kappa shape index (κ1) is 19.7. The van der Waals surface area contributed by atoms with E-state index < -0.39 is 0 Å². The predicted octanol–water partition coefficient (Wildman–Crippen LogP) is 4.29. The maximum Gasteiger partial charge on any atom is 0.227 e.